The van der Waals surface area contributed by atoms with Gasteiger partial charge in [0.15, 0.2) is 0 Å². The Kier molecular flexibility index (Phi) is 7.70. The van der Waals surface area contributed by atoms with E-state index in [9.17, 15) is 14.4 Å². The summed E-state index contributed by atoms with van der Waals surface area (Å²) in [5.41, 5.74) is 5.37. The Bertz CT molecular complexity index is 1880. The van der Waals surface area contributed by atoms with Crippen LogP contribution in [0.1, 0.15) is 50.0 Å². The van der Waals surface area contributed by atoms with E-state index in [-0.39, 0.29) is 23.9 Å². The molecule has 212 valence electrons. The summed E-state index contributed by atoms with van der Waals surface area (Å²) < 4.78 is 4.19. The molecule has 0 atom stereocenters. The van der Waals surface area contributed by atoms with Gasteiger partial charge in [-0.05, 0) is 77.3 Å². The zero-order chi connectivity index (χ0) is 29.4. The number of amides is 2. The molecule has 0 fully saturated rings. The first-order chi connectivity index (χ1) is 20.4. The summed E-state index contributed by atoms with van der Waals surface area (Å²) in [6, 6.07) is 22.1. The van der Waals surface area contributed by atoms with Crippen LogP contribution in [0.15, 0.2) is 88.3 Å². The van der Waals surface area contributed by atoms with E-state index in [1.807, 2.05) is 37.3 Å². The molecule has 1 N–H and O–H groups in total. The van der Waals surface area contributed by atoms with Crippen LogP contribution in [0.5, 0.6) is 0 Å². The van der Waals surface area contributed by atoms with Crippen molar-refractivity contribution in [3.63, 3.8) is 0 Å². The summed E-state index contributed by atoms with van der Waals surface area (Å²) in [4.78, 5) is 41.8. The molecule has 1 aliphatic heterocycles. The number of aromatic nitrogens is 3. The second-order valence-electron chi connectivity index (χ2n) is 10.1. The van der Waals surface area contributed by atoms with Crippen molar-refractivity contribution in [2.24, 2.45) is 0 Å². The zero-order valence-electron chi connectivity index (χ0n) is 22.8. The molecule has 2 aromatic heterocycles. The predicted octanol–water partition coefficient (Wildman–Crippen LogP) is 5.44. The van der Waals surface area contributed by atoms with Gasteiger partial charge in [-0.25, -0.2) is 4.52 Å². The van der Waals surface area contributed by atoms with Crippen LogP contribution in [0.3, 0.4) is 0 Å². The topological polar surface area (TPSA) is 88.7 Å². The maximum absolute atomic E-state index is 14.2. The van der Waals surface area contributed by atoms with Gasteiger partial charge < -0.3 is 10.2 Å². The molecule has 6 rings (SSSR count). The monoisotopic (exact) mass is 643 g/mol. The van der Waals surface area contributed by atoms with Crippen molar-refractivity contribution >= 4 is 45.0 Å². The lowest BCUT2D eigenvalue weighted by atomic mass is 10.0. The second kappa shape index (κ2) is 11.6. The quantitative estimate of drug-likeness (QED) is 0.267. The third kappa shape index (κ3) is 5.14. The molecule has 10 heteroatoms. The van der Waals surface area contributed by atoms with E-state index in [4.69, 9.17) is 16.7 Å². The zero-order valence-corrected chi connectivity index (χ0v) is 25.2. The molecular formula is C32H27BrClN5O3. The number of carbonyl (C=O) groups excluding carboxylic acids is 2. The SMILES string of the molecule is CCNC(=O)c1ccc(-n2c(=O)c3c(n4ncc(Cc5ccccc5)c24)CN(C(=O)c2ccc(Br)c(Cl)c2)CC3)cc1. The molecule has 0 saturated heterocycles. The molecule has 0 aliphatic carbocycles. The molecule has 42 heavy (non-hydrogen) atoms. The van der Waals surface area contributed by atoms with Crippen molar-refractivity contribution in [3.8, 4) is 5.69 Å². The summed E-state index contributed by atoms with van der Waals surface area (Å²) >= 11 is 9.64. The maximum atomic E-state index is 14.2. The summed E-state index contributed by atoms with van der Waals surface area (Å²) in [7, 11) is 0. The van der Waals surface area contributed by atoms with Gasteiger partial charge in [-0.2, -0.15) is 5.10 Å². The van der Waals surface area contributed by atoms with Gasteiger partial charge in [0.2, 0.25) is 0 Å². The van der Waals surface area contributed by atoms with E-state index in [1.165, 1.54) is 0 Å². The number of hydrogen-bond donors (Lipinski definition) is 1. The third-order valence-corrected chi connectivity index (χ3v) is 8.71. The highest BCUT2D eigenvalue weighted by Crippen LogP contribution is 2.27. The van der Waals surface area contributed by atoms with Crippen LogP contribution in [0.4, 0.5) is 0 Å². The van der Waals surface area contributed by atoms with Crippen LogP contribution in [-0.2, 0) is 19.4 Å². The Morgan fingerprint density at radius 2 is 1.76 bits per heavy atom. The number of nitrogens with one attached hydrogen (secondary N) is 1. The Labute approximate surface area is 255 Å². The van der Waals surface area contributed by atoms with Crippen LogP contribution >= 0.6 is 27.5 Å². The molecule has 2 amide bonds. The van der Waals surface area contributed by atoms with Crippen molar-refractivity contribution in [1.29, 1.82) is 0 Å². The van der Waals surface area contributed by atoms with Gasteiger partial charge in [0.1, 0.15) is 5.65 Å². The lowest BCUT2D eigenvalue weighted by Gasteiger charge is -2.30. The van der Waals surface area contributed by atoms with Gasteiger partial charge in [0, 0.05) is 46.2 Å². The molecule has 8 nitrogen and oxygen atoms in total. The molecule has 5 aromatic rings. The Morgan fingerprint density at radius 1 is 1.02 bits per heavy atom. The van der Waals surface area contributed by atoms with Crippen molar-refractivity contribution in [3.05, 3.63) is 132 Å². The largest absolute Gasteiger partial charge is 0.352 e. The van der Waals surface area contributed by atoms with Crippen LogP contribution in [0.2, 0.25) is 5.02 Å². The van der Waals surface area contributed by atoms with E-state index in [0.717, 1.165) is 11.1 Å². The number of halogens is 2. The fourth-order valence-electron chi connectivity index (χ4n) is 5.40. The molecule has 0 spiro atoms. The predicted molar refractivity (Wildman–Crippen MR) is 166 cm³/mol. The molecule has 0 bridgehead atoms. The maximum Gasteiger partial charge on any atom is 0.261 e. The number of hydrogen-bond acceptors (Lipinski definition) is 4. The summed E-state index contributed by atoms with van der Waals surface area (Å²) in [5.74, 6) is -0.331. The molecule has 0 radical (unpaired) electrons. The highest BCUT2D eigenvalue weighted by Gasteiger charge is 2.29. The summed E-state index contributed by atoms with van der Waals surface area (Å²) in [6.07, 6.45) is 2.74. The Morgan fingerprint density at radius 3 is 2.48 bits per heavy atom. The molecule has 3 aromatic carbocycles. The standard InChI is InChI=1S/C32H27BrClN5O3/c1-2-35-29(40)21-8-11-24(12-9-21)38-30-23(16-20-6-4-3-5-7-20)18-36-39(30)28-19-37(15-14-25(28)32(38)42)31(41)22-10-13-26(33)27(34)17-22/h3-13,17-18H,2,14-16,19H2,1H3,(H,35,40). The van der Waals surface area contributed by atoms with Crippen LogP contribution in [0.25, 0.3) is 11.3 Å². The molecule has 3 heterocycles. The van der Waals surface area contributed by atoms with Gasteiger partial charge in [-0.3, -0.25) is 19.0 Å². The fourth-order valence-corrected chi connectivity index (χ4v) is 5.83. The van der Waals surface area contributed by atoms with Crippen LogP contribution < -0.4 is 10.9 Å². The van der Waals surface area contributed by atoms with Crippen molar-refractivity contribution in [1.82, 2.24) is 24.4 Å². The van der Waals surface area contributed by atoms with Crippen molar-refractivity contribution < 1.29 is 9.59 Å². The smallest absolute Gasteiger partial charge is 0.261 e. The summed E-state index contributed by atoms with van der Waals surface area (Å²) in [6.45, 7) is 3.01. The molecule has 0 unspecified atom stereocenters. The van der Waals surface area contributed by atoms with Crippen molar-refractivity contribution in [2.75, 3.05) is 13.1 Å². The average molecular weight is 645 g/mol. The molecule has 1 aliphatic rings. The first kappa shape index (κ1) is 27.9. The minimum absolute atomic E-state index is 0.156. The summed E-state index contributed by atoms with van der Waals surface area (Å²) in [5, 5.41) is 8.01. The van der Waals surface area contributed by atoms with Crippen LogP contribution in [0, 0.1) is 0 Å². The van der Waals surface area contributed by atoms with E-state index < -0.39 is 0 Å². The minimum Gasteiger partial charge on any atom is -0.352 e. The van der Waals surface area contributed by atoms with Gasteiger partial charge in [0.25, 0.3) is 17.4 Å². The second-order valence-corrected chi connectivity index (χ2v) is 11.4. The minimum atomic E-state index is -0.169. The number of rotatable bonds is 6. The normalized spacial score (nSPS) is 12.8. The van der Waals surface area contributed by atoms with E-state index in [2.05, 4.69) is 21.2 Å². The average Bonchev–Trinajstić information content (AvgIpc) is 3.42. The Balaban J connectivity index is 1.47. The number of nitrogens with zero attached hydrogens (tertiary/aromatic N) is 4. The molecular weight excluding hydrogens is 618 g/mol. The van der Waals surface area contributed by atoms with Gasteiger partial charge in [-0.1, -0.05) is 41.9 Å². The highest BCUT2D eigenvalue weighted by atomic mass is 79.9. The Hall–Kier alpha value is -4.21. The van der Waals surface area contributed by atoms with Gasteiger partial charge in [0.05, 0.1) is 29.1 Å². The van der Waals surface area contributed by atoms with Gasteiger partial charge >= 0.3 is 0 Å². The highest BCUT2D eigenvalue weighted by molar-refractivity contribution is 9.10. The van der Waals surface area contributed by atoms with Crippen molar-refractivity contribution in [2.45, 2.75) is 26.3 Å². The number of carbonyl (C=O) groups is 2. The van der Waals surface area contributed by atoms with Crippen LogP contribution in [-0.4, -0.2) is 44.0 Å². The first-order valence-electron chi connectivity index (χ1n) is 13.7. The number of fused-ring (bicyclic) bond motifs is 3. The first-order valence-corrected chi connectivity index (χ1v) is 14.8. The van der Waals surface area contributed by atoms with E-state index in [1.54, 1.807) is 62.6 Å². The van der Waals surface area contributed by atoms with Gasteiger partial charge in [-0.15, -0.1) is 0 Å². The third-order valence-electron chi connectivity index (χ3n) is 7.48. The lowest BCUT2D eigenvalue weighted by Crippen LogP contribution is -2.41. The van der Waals surface area contributed by atoms with E-state index >= 15 is 0 Å². The molecule has 0 saturated carbocycles. The van der Waals surface area contributed by atoms with E-state index in [0.29, 0.717) is 69.1 Å². The fraction of sp³-hybridized carbons (Fsp3) is 0.188. The lowest BCUT2D eigenvalue weighted by molar-refractivity contribution is 0.0729. The number of benzene rings is 3.